The average molecular weight is 809 g/mol. The van der Waals surface area contributed by atoms with Crippen LogP contribution in [0.15, 0.2) is 11.6 Å². The van der Waals surface area contributed by atoms with Crippen LogP contribution in [0.25, 0.3) is 0 Å². The number of carbonyl (C=O) groups is 4. The topological polar surface area (TPSA) is 267 Å². The molecule has 2 heterocycles. The zero-order valence-corrected chi connectivity index (χ0v) is 33.4. The van der Waals surface area contributed by atoms with E-state index >= 15 is 0 Å². The van der Waals surface area contributed by atoms with Gasteiger partial charge in [0.2, 0.25) is 0 Å². The Morgan fingerprint density at radius 1 is 0.702 bits per heavy atom. The first-order valence-corrected chi connectivity index (χ1v) is 20.4. The highest BCUT2D eigenvalue weighted by Crippen LogP contribution is 2.74. The Bertz CT molecular complexity index is 1680. The van der Waals surface area contributed by atoms with Gasteiger partial charge in [0.1, 0.15) is 36.6 Å². The number of fused-ring (bicyclic) bond motifs is 7. The van der Waals surface area contributed by atoms with E-state index in [-0.39, 0.29) is 29.0 Å². The molecule has 0 spiro atoms. The summed E-state index contributed by atoms with van der Waals surface area (Å²) in [6.45, 7) is 12.6. The SMILES string of the molecule is CC1(C)[C@@H](OC2OC(C(=O)O)C(O)C(O)C2OC2OC(C(=O)O)C(O)C(O)C2O)CC[C@@]2(C)[C@@H]1CC[C@]1(C)[C@H]2C(=O)C=C2[C@@H]3C[C@@](C)(C(=O)O)CC[C@@H]3CC[C@]21C. The molecule has 57 heavy (non-hydrogen) atoms. The molecule has 19 atom stereocenters. The molecular weight excluding hydrogens is 748 g/mol. The van der Waals surface area contributed by atoms with Gasteiger partial charge in [-0.2, -0.15) is 0 Å². The van der Waals surface area contributed by atoms with Crippen molar-refractivity contribution in [2.75, 3.05) is 0 Å². The molecule has 0 aromatic rings. The van der Waals surface area contributed by atoms with Crippen LogP contribution in [0.2, 0.25) is 0 Å². The highest BCUT2D eigenvalue weighted by molar-refractivity contribution is 5.95. The number of allylic oxidation sites excluding steroid dienone is 2. The summed E-state index contributed by atoms with van der Waals surface area (Å²) < 4.78 is 23.3. The number of carboxylic acid groups (broad SMARTS) is 3. The van der Waals surface area contributed by atoms with Crippen LogP contribution in [0, 0.1) is 50.7 Å². The zero-order chi connectivity index (χ0) is 41.9. The quantitative estimate of drug-likeness (QED) is 0.171. The number of aliphatic hydroxyl groups excluding tert-OH is 5. The minimum atomic E-state index is -2.05. The minimum absolute atomic E-state index is 0.0315. The summed E-state index contributed by atoms with van der Waals surface area (Å²) in [6, 6.07) is 0. The van der Waals surface area contributed by atoms with E-state index in [1.54, 1.807) is 0 Å². The Hall–Kier alpha value is -2.54. The Labute approximate surface area is 331 Å². The number of aliphatic hydroxyl groups is 5. The third kappa shape index (κ3) is 6.34. The molecule has 7 rings (SSSR count). The number of aliphatic carboxylic acids is 3. The van der Waals surface area contributed by atoms with Crippen LogP contribution in [0.3, 0.4) is 0 Å². The Balaban J connectivity index is 1.16. The van der Waals surface area contributed by atoms with Crippen molar-refractivity contribution in [3.8, 4) is 0 Å². The maximum Gasteiger partial charge on any atom is 0.335 e. The van der Waals surface area contributed by atoms with Crippen molar-refractivity contribution < 1.29 is 79.0 Å². The summed E-state index contributed by atoms with van der Waals surface area (Å²) in [5, 5.41) is 82.8. The zero-order valence-electron chi connectivity index (χ0n) is 33.4. The summed E-state index contributed by atoms with van der Waals surface area (Å²) >= 11 is 0. The standard InChI is InChI=1S/C41H60O16/c1-37(2)21-9-14-41(6)31(20(42)15-19-18-16-38(3,36(52)53)11-7-17(18)8-13-40(19,41)5)39(21,4)12-10-22(37)54-35-30(26(46)25(45)29(56-35)33(50)51)57-34-27(47)23(43)24(44)28(55-34)32(48)49/h15,17-18,21-31,34-35,43-47H,7-14,16H2,1-6H3,(H,48,49)(H,50,51)(H,52,53)/t17-,18-,21-,22+,23?,24?,25?,26?,27?,28?,29?,30?,31+,34?,35?,38+,39+,40-,41-/m1/s1. The van der Waals surface area contributed by atoms with Crippen LogP contribution in [0.4, 0.5) is 0 Å². The highest BCUT2D eigenvalue weighted by atomic mass is 16.8. The van der Waals surface area contributed by atoms with Gasteiger partial charge in [-0.25, -0.2) is 9.59 Å². The number of ketones is 1. The van der Waals surface area contributed by atoms with Gasteiger partial charge in [0.15, 0.2) is 30.6 Å². The summed E-state index contributed by atoms with van der Waals surface area (Å²) in [5.74, 6) is -4.04. The lowest BCUT2D eigenvalue weighted by atomic mass is 9.34. The second kappa shape index (κ2) is 14.3. The monoisotopic (exact) mass is 808 g/mol. The maximum absolute atomic E-state index is 14.7. The van der Waals surface area contributed by atoms with Crippen molar-refractivity contribution in [2.45, 2.75) is 167 Å². The van der Waals surface area contributed by atoms with E-state index < -0.39 is 107 Å². The van der Waals surface area contributed by atoms with Crippen molar-refractivity contribution in [2.24, 2.45) is 50.7 Å². The van der Waals surface area contributed by atoms with Crippen molar-refractivity contribution in [1.29, 1.82) is 0 Å². The maximum atomic E-state index is 14.7. The van der Waals surface area contributed by atoms with Crippen LogP contribution < -0.4 is 0 Å². The van der Waals surface area contributed by atoms with Gasteiger partial charge in [0, 0.05) is 5.92 Å². The lowest BCUT2D eigenvalue weighted by Crippen LogP contribution is -2.68. The number of rotatable bonds is 7. The third-order valence-electron chi connectivity index (χ3n) is 16.6. The van der Waals surface area contributed by atoms with Gasteiger partial charge in [-0.1, -0.05) is 40.2 Å². The molecule has 0 amide bonds. The normalized spacial score (nSPS) is 51.9. The molecule has 0 aromatic heterocycles. The van der Waals surface area contributed by atoms with E-state index in [0.717, 1.165) is 37.7 Å². The van der Waals surface area contributed by atoms with Gasteiger partial charge in [-0.15, -0.1) is 0 Å². The molecule has 6 fully saturated rings. The highest BCUT2D eigenvalue weighted by Gasteiger charge is 2.70. The van der Waals surface area contributed by atoms with Gasteiger partial charge in [0.25, 0.3) is 0 Å². The lowest BCUT2D eigenvalue weighted by Gasteiger charge is -2.69. The largest absolute Gasteiger partial charge is 0.481 e. The van der Waals surface area contributed by atoms with Gasteiger partial charge in [-0.05, 0) is 110 Å². The summed E-state index contributed by atoms with van der Waals surface area (Å²) in [7, 11) is 0. The number of carbonyl (C=O) groups excluding carboxylic acids is 1. The average Bonchev–Trinajstić information content (AvgIpc) is 3.12. The van der Waals surface area contributed by atoms with Crippen molar-refractivity contribution in [1.82, 2.24) is 0 Å². The first kappa shape index (κ1) is 42.6. The van der Waals surface area contributed by atoms with E-state index in [1.165, 1.54) is 0 Å². The number of hydrogen-bond acceptors (Lipinski definition) is 13. The van der Waals surface area contributed by atoms with Gasteiger partial charge in [-0.3, -0.25) is 9.59 Å². The molecule has 10 unspecified atom stereocenters. The van der Waals surface area contributed by atoms with Crippen LogP contribution in [0.5, 0.6) is 0 Å². The van der Waals surface area contributed by atoms with Crippen LogP contribution in [0.1, 0.15) is 99.3 Å². The summed E-state index contributed by atoms with van der Waals surface area (Å²) in [4.78, 5) is 51.1. The molecule has 16 nitrogen and oxygen atoms in total. The molecule has 0 radical (unpaired) electrons. The van der Waals surface area contributed by atoms with E-state index in [0.29, 0.717) is 31.6 Å². The predicted molar refractivity (Wildman–Crippen MR) is 195 cm³/mol. The van der Waals surface area contributed by atoms with Crippen molar-refractivity contribution in [3.05, 3.63) is 11.6 Å². The molecule has 5 aliphatic carbocycles. The van der Waals surface area contributed by atoms with Crippen molar-refractivity contribution >= 4 is 23.7 Å². The fraction of sp³-hybridized carbons (Fsp3) is 0.854. The summed E-state index contributed by atoms with van der Waals surface area (Å²) in [5.41, 5.74) is -1.63. The minimum Gasteiger partial charge on any atom is -0.481 e. The molecular formula is C41H60O16. The lowest BCUT2D eigenvalue weighted by molar-refractivity contribution is -0.371. The van der Waals surface area contributed by atoms with E-state index in [1.807, 2.05) is 26.8 Å². The fourth-order valence-corrected chi connectivity index (χ4v) is 13.2. The van der Waals surface area contributed by atoms with Crippen molar-refractivity contribution in [3.63, 3.8) is 0 Å². The van der Waals surface area contributed by atoms with Crippen LogP contribution >= 0.6 is 0 Å². The fourth-order valence-electron chi connectivity index (χ4n) is 13.2. The number of carboxylic acids is 3. The molecule has 16 heteroatoms. The van der Waals surface area contributed by atoms with E-state index in [2.05, 4.69) is 20.8 Å². The molecule has 4 saturated carbocycles. The number of ether oxygens (including phenoxy) is 4. The van der Waals surface area contributed by atoms with Gasteiger partial charge < -0.3 is 59.8 Å². The first-order chi connectivity index (χ1) is 26.4. The Morgan fingerprint density at radius 3 is 1.91 bits per heavy atom. The molecule has 2 saturated heterocycles. The Kier molecular flexibility index (Phi) is 10.7. The third-order valence-corrected chi connectivity index (χ3v) is 16.6. The second-order valence-electron chi connectivity index (χ2n) is 19.9. The molecule has 7 aliphatic rings. The van der Waals surface area contributed by atoms with E-state index in [4.69, 9.17) is 18.9 Å². The van der Waals surface area contributed by atoms with Gasteiger partial charge >= 0.3 is 17.9 Å². The predicted octanol–water partition coefficient (Wildman–Crippen LogP) is 1.86. The van der Waals surface area contributed by atoms with E-state index in [9.17, 15) is 60.0 Å². The first-order valence-electron chi connectivity index (χ1n) is 20.4. The van der Waals surface area contributed by atoms with Crippen LogP contribution in [-0.4, -0.2) is 132 Å². The molecule has 0 bridgehead atoms. The Morgan fingerprint density at radius 2 is 1.30 bits per heavy atom. The molecule has 320 valence electrons. The molecule has 2 aliphatic heterocycles. The molecule has 0 aromatic carbocycles. The smallest absolute Gasteiger partial charge is 0.335 e. The second-order valence-corrected chi connectivity index (χ2v) is 19.9. The summed E-state index contributed by atoms with van der Waals surface area (Å²) in [6.07, 6.45) is -12.1. The number of hydrogen-bond donors (Lipinski definition) is 8. The van der Waals surface area contributed by atoms with Gasteiger partial charge in [0.05, 0.1) is 11.5 Å². The molecule has 8 N–H and O–H groups in total. The van der Waals surface area contributed by atoms with Crippen LogP contribution in [-0.2, 0) is 38.1 Å².